The van der Waals surface area contributed by atoms with Gasteiger partial charge in [0.2, 0.25) is 0 Å². The third-order valence-corrected chi connectivity index (χ3v) is 6.19. The van der Waals surface area contributed by atoms with Crippen molar-refractivity contribution in [2.75, 3.05) is 38.5 Å². The van der Waals surface area contributed by atoms with Crippen molar-refractivity contribution in [2.45, 2.75) is 32.7 Å². The number of rotatable bonds is 3. The van der Waals surface area contributed by atoms with Crippen molar-refractivity contribution in [3.8, 4) is 0 Å². The fraction of sp³-hybridized carbons (Fsp3) is 0.417. The molecule has 1 fully saturated rings. The van der Waals surface area contributed by atoms with E-state index in [0.29, 0.717) is 31.3 Å². The van der Waals surface area contributed by atoms with Gasteiger partial charge >= 0.3 is 0 Å². The molecule has 0 aliphatic carbocycles. The maximum absolute atomic E-state index is 12.1. The van der Waals surface area contributed by atoms with Crippen LogP contribution in [0.1, 0.15) is 32.2 Å². The molecule has 1 aliphatic rings. The SMILES string of the molecule is CC(C)(C)c1nc2ccc(NC(=S)N3CC[N+](C)([O-])CC3)cc2n1Cc1ccccc1. The van der Waals surface area contributed by atoms with Crippen molar-refractivity contribution >= 4 is 34.1 Å². The molecule has 3 aromatic rings. The normalized spacial score (nSPS) is 16.5. The number of hydrogen-bond donors (Lipinski definition) is 1. The standard InChI is InChI=1S/C24H31N5OS/c1-24(2,3)22-26-20-11-10-19(25-23(31)27-12-14-29(4,30)15-13-27)16-21(20)28(22)17-18-8-6-5-7-9-18/h5-11,16H,12-15,17H2,1-4H3,(H,25,31). The van der Waals surface area contributed by atoms with Crippen LogP contribution < -0.4 is 5.32 Å². The summed E-state index contributed by atoms with van der Waals surface area (Å²) < 4.78 is 2.11. The second-order valence-corrected chi connectivity index (χ2v) is 10.0. The Bertz CT molecular complexity index is 1070. The number of nitrogens with one attached hydrogen (secondary N) is 1. The van der Waals surface area contributed by atoms with Crippen LogP contribution in [0.25, 0.3) is 11.0 Å². The lowest BCUT2D eigenvalue weighted by Gasteiger charge is -2.45. The molecule has 164 valence electrons. The number of benzene rings is 2. The number of piperazine rings is 1. The molecule has 31 heavy (non-hydrogen) atoms. The Morgan fingerprint density at radius 1 is 1.13 bits per heavy atom. The first-order chi connectivity index (χ1) is 14.6. The Balaban J connectivity index is 1.63. The summed E-state index contributed by atoms with van der Waals surface area (Å²) in [5, 5.41) is 16.2. The minimum atomic E-state index is -0.195. The molecule has 2 aromatic carbocycles. The molecule has 0 spiro atoms. The van der Waals surface area contributed by atoms with Gasteiger partial charge in [0.1, 0.15) is 5.82 Å². The van der Waals surface area contributed by atoms with E-state index < -0.39 is 0 Å². The molecule has 1 aliphatic heterocycles. The molecule has 6 nitrogen and oxygen atoms in total. The monoisotopic (exact) mass is 437 g/mol. The summed E-state index contributed by atoms with van der Waals surface area (Å²) in [4.78, 5) is 7.04. The Morgan fingerprint density at radius 2 is 1.81 bits per heavy atom. The van der Waals surface area contributed by atoms with Crippen LogP contribution >= 0.6 is 12.2 Å². The lowest BCUT2D eigenvalue weighted by atomic mass is 9.95. The molecule has 1 aromatic heterocycles. The second-order valence-electron chi connectivity index (χ2n) is 9.62. The third kappa shape index (κ3) is 4.89. The van der Waals surface area contributed by atoms with Gasteiger partial charge in [-0.15, -0.1) is 0 Å². The third-order valence-electron chi connectivity index (χ3n) is 5.83. The molecule has 0 unspecified atom stereocenters. The van der Waals surface area contributed by atoms with Crippen molar-refractivity contribution in [2.24, 2.45) is 0 Å². The summed E-state index contributed by atoms with van der Waals surface area (Å²) in [6.45, 7) is 9.82. The van der Waals surface area contributed by atoms with Crippen molar-refractivity contribution in [3.63, 3.8) is 0 Å². The van der Waals surface area contributed by atoms with Gasteiger partial charge in [0.25, 0.3) is 0 Å². The number of nitrogens with zero attached hydrogens (tertiary/aromatic N) is 4. The predicted molar refractivity (Wildman–Crippen MR) is 131 cm³/mol. The van der Waals surface area contributed by atoms with Gasteiger partial charge in [0.15, 0.2) is 5.11 Å². The molecule has 0 bridgehead atoms. The Kier molecular flexibility index (Phi) is 5.77. The van der Waals surface area contributed by atoms with E-state index in [0.717, 1.165) is 29.1 Å². The largest absolute Gasteiger partial charge is 0.633 e. The van der Waals surface area contributed by atoms with Crippen LogP contribution in [0, 0.1) is 5.21 Å². The van der Waals surface area contributed by atoms with E-state index in [1.54, 1.807) is 7.05 Å². The Labute approximate surface area is 189 Å². The van der Waals surface area contributed by atoms with Gasteiger partial charge in [-0.05, 0) is 36.0 Å². The van der Waals surface area contributed by atoms with E-state index in [4.69, 9.17) is 17.2 Å². The quantitative estimate of drug-likeness (QED) is 0.375. The number of likely N-dealkylation sites (N-methyl/N-ethyl adjacent to an activating group) is 1. The average molecular weight is 438 g/mol. The zero-order valence-electron chi connectivity index (χ0n) is 18.8. The van der Waals surface area contributed by atoms with Gasteiger partial charge in [-0.1, -0.05) is 51.1 Å². The molecular formula is C24H31N5OS. The van der Waals surface area contributed by atoms with E-state index in [2.05, 4.69) is 72.0 Å². The molecule has 1 saturated heterocycles. The van der Waals surface area contributed by atoms with Gasteiger partial charge in [-0.25, -0.2) is 4.98 Å². The van der Waals surface area contributed by atoms with Gasteiger partial charge < -0.3 is 24.6 Å². The number of hydrogen-bond acceptors (Lipinski definition) is 3. The highest BCUT2D eigenvalue weighted by atomic mass is 32.1. The molecule has 7 heteroatoms. The van der Waals surface area contributed by atoms with Gasteiger partial charge in [0.05, 0.1) is 44.3 Å². The molecule has 0 atom stereocenters. The molecule has 2 heterocycles. The fourth-order valence-corrected chi connectivity index (χ4v) is 4.29. The van der Waals surface area contributed by atoms with E-state index >= 15 is 0 Å². The maximum atomic E-state index is 12.1. The molecule has 4 rings (SSSR count). The minimum absolute atomic E-state index is 0.0757. The highest BCUT2D eigenvalue weighted by Gasteiger charge is 2.25. The van der Waals surface area contributed by atoms with Crippen LogP contribution in [0.5, 0.6) is 0 Å². The minimum Gasteiger partial charge on any atom is -0.633 e. The lowest BCUT2D eigenvalue weighted by molar-refractivity contribution is -0.864. The highest BCUT2D eigenvalue weighted by molar-refractivity contribution is 7.80. The average Bonchev–Trinajstić information content (AvgIpc) is 3.07. The fourth-order valence-electron chi connectivity index (χ4n) is 3.99. The zero-order valence-corrected chi connectivity index (χ0v) is 19.6. The highest BCUT2D eigenvalue weighted by Crippen LogP contribution is 2.29. The molecule has 0 amide bonds. The van der Waals surface area contributed by atoms with Crippen molar-refractivity contribution in [1.82, 2.24) is 14.5 Å². The molecule has 0 saturated carbocycles. The number of thiocarbonyl (C=S) groups is 1. The summed E-state index contributed by atoms with van der Waals surface area (Å²) in [6, 6.07) is 16.7. The Hall–Kier alpha value is -2.48. The van der Waals surface area contributed by atoms with E-state index in [1.165, 1.54) is 5.56 Å². The zero-order chi connectivity index (χ0) is 22.2. The summed E-state index contributed by atoms with van der Waals surface area (Å²) in [5.41, 5.74) is 4.18. The first-order valence-electron chi connectivity index (χ1n) is 10.8. The number of quaternary nitrogens is 1. The Morgan fingerprint density at radius 3 is 2.45 bits per heavy atom. The molecule has 0 radical (unpaired) electrons. The van der Waals surface area contributed by atoms with Crippen molar-refractivity contribution in [1.29, 1.82) is 0 Å². The van der Waals surface area contributed by atoms with Crippen molar-refractivity contribution < 1.29 is 4.65 Å². The van der Waals surface area contributed by atoms with E-state index in [1.807, 2.05) is 12.1 Å². The number of hydroxylamine groups is 3. The van der Waals surface area contributed by atoms with Crippen LogP contribution in [0.15, 0.2) is 48.5 Å². The molecular weight excluding hydrogens is 406 g/mol. The van der Waals surface area contributed by atoms with E-state index in [-0.39, 0.29) is 10.1 Å². The van der Waals surface area contributed by atoms with Gasteiger partial charge in [-0.3, -0.25) is 0 Å². The van der Waals surface area contributed by atoms with E-state index in [9.17, 15) is 5.21 Å². The second kappa shape index (κ2) is 8.22. The van der Waals surface area contributed by atoms with Crippen LogP contribution in [-0.2, 0) is 12.0 Å². The van der Waals surface area contributed by atoms with Crippen LogP contribution in [-0.4, -0.2) is 57.4 Å². The predicted octanol–water partition coefficient (Wildman–Crippen LogP) is 4.34. The number of anilines is 1. The first kappa shape index (κ1) is 21.7. The summed E-state index contributed by atoms with van der Waals surface area (Å²) >= 11 is 5.64. The molecule has 1 N–H and O–H groups in total. The first-order valence-corrected chi connectivity index (χ1v) is 11.2. The smallest absolute Gasteiger partial charge is 0.173 e. The topological polar surface area (TPSA) is 56.1 Å². The number of imidazole rings is 1. The van der Waals surface area contributed by atoms with Crippen molar-refractivity contribution in [3.05, 3.63) is 65.1 Å². The number of aromatic nitrogens is 2. The summed E-state index contributed by atoms with van der Waals surface area (Å²) in [6.07, 6.45) is 0. The van der Waals surface area contributed by atoms with Crippen LogP contribution in [0.3, 0.4) is 0 Å². The van der Waals surface area contributed by atoms with Gasteiger partial charge in [-0.2, -0.15) is 0 Å². The van der Waals surface area contributed by atoms with Gasteiger partial charge in [0, 0.05) is 17.6 Å². The van der Waals surface area contributed by atoms with Crippen LogP contribution in [0.2, 0.25) is 0 Å². The van der Waals surface area contributed by atoms with Crippen LogP contribution in [0.4, 0.5) is 5.69 Å². The lowest BCUT2D eigenvalue weighted by Crippen LogP contribution is -2.55. The summed E-state index contributed by atoms with van der Waals surface area (Å²) in [7, 11) is 1.72. The number of fused-ring (bicyclic) bond motifs is 1. The summed E-state index contributed by atoms with van der Waals surface area (Å²) in [5.74, 6) is 1.06. The maximum Gasteiger partial charge on any atom is 0.173 e.